The van der Waals surface area contributed by atoms with Crippen LogP contribution in [0.4, 0.5) is 0 Å². The molecule has 78 valence electrons. The number of fused-ring (bicyclic) bond motifs is 1. The van der Waals surface area contributed by atoms with E-state index in [0.717, 1.165) is 10.7 Å². The number of aromatic nitrogens is 1. The van der Waals surface area contributed by atoms with E-state index in [2.05, 4.69) is 0 Å². The molecular weight excluding hydrogens is 209 g/mol. The Bertz CT molecular complexity index is 647. The van der Waals surface area contributed by atoms with Crippen LogP contribution in [0.3, 0.4) is 0 Å². The third-order valence-corrected chi connectivity index (χ3v) is 2.28. The first-order valence-corrected chi connectivity index (χ1v) is 4.47. The van der Waals surface area contributed by atoms with Crippen molar-refractivity contribution in [3.8, 4) is 0 Å². The molecule has 0 unspecified atom stereocenters. The third-order valence-electron chi connectivity index (χ3n) is 2.28. The second-order valence-corrected chi connectivity index (χ2v) is 3.21. The number of para-hydroxylation sites is 1. The molecule has 1 N–H and O–H groups in total. The number of carboxylic acid groups (broad SMARTS) is 1. The molecule has 0 aliphatic heterocycles. The Hall–Kier alpha value is -2.24. The van der Waals surface area contributed by atoms with Gasteiger partial charge in [-0.15, -0.1) is 0 Å². The summed E-state index contributed by atoms with van der Waals surface area (Å²) < 4.78 is 11.9. The summed E-state index contributed by atoms with van der Waals surface area (Å²) in [6, 6.07) is 6.35. The maximum atomic E-state index is 11.7. The summed E-state index contributed by atoms with van der Waals surface area (Å²) in [4.78, 5) is 22.5. The molecular formula is C10H6BNO4. The molecule has 1 aromatic heterocycles. The normalized spacial score (nSPS) is 10.0. The van der Waals surface area contributed by atoms with E-state index in [9.17, 15) is 14.3 Å². The van der Waals surface area contributed by atoms with E-state index in [4.69, 9.17) is 5.11 Å². The fourth-order valence-electron chi connectivity index (χ4n) is 1.54. The molecule has 0 amide bonds. The van der Waals surface area contributed by atoms with Gasteiger partial charge in [0.1, 0.15) is 0 Å². The number of benzene rings is 1. The molecule has 5 nitrogen and oxygen atoms in total. The van der Waals surface area contributed by atoms with Gasteiger partial charge in [0.05, 0.1) is 0 Å². The second-order valence-electron chi connectivity index (χ2n) is 3.21. The Morgan fingerprint density at radius 3 is 2.62 bits per heavy atom. The Balaban J connectivity index is 3.00. The summed E-state index contributed by atoms with van der Waals surface area (Å²) in [6.07, 6.45) is 1.03. The second kappa shape index (κ2) is 3.73. The zero-order valence-corrected chi connectivity index (χ0v) is 8.08. The van der Waals surface area contributed by atoms with Crippen LogP contribution >= 0.6 is 0 Å². The van der Waals surface area contributed by atoms with Gasteiger partial charge in [-0.3, -0.25) is 0 Å². The summed E-state index contributed by atoms with van der Waals surface area (Å²) in [5.74, 6) is -1.34. The van der Waals surface area contributed by atoms with Gasteiger partial charge in [-0.05, 0) is 0 Å². The average Bonchev–Trinajstić information content (AvgIpc) is 2.29. The molecule has 0 radical (unpaired) electrons. The van der Waals surface area contributed by atoms with Crippen LogP contribution in [0.2, 0.25) is 0 Å². The maximum absolute atomic E-state index is 11.7. The van der Waals surface area contributed by atoms with Gasteiger partial charge < -0.3 is 0 Å². The van der Waals surface area contributed by atoms with Gasteiger partial charge in [0.2, 0.25) is 0 Å². The molecule has 0 spiro atoms. The SMILES string of the molecule is O=Bn1cc(C(=O)O)c(=O)c2ccccc21. The van der Waals surface area contributed by atoms with Crippen LogP contribution in [0.1, 0.15) is 10.4 Å². The first-order chi connectivity index (χ1) is 7.65. The van der Waals surface area contributed by atoms with Crippen molar-refractivity contribution in [3.63, 3.8) is 0 Å². The third kappa shape index (κ3) is 1.44. The van der Waals surface area contributed by atoms with Crippen molar-refractivity contribution in [2.75, 3.05) is 0 Å². The average molecular weight is 215 g/mol. The van der Waals surface area contributed by atoms with Gasteiger partial charge in [0.25, 0.3) is 0 Å². The molecule has 0 saturated heterocycles. The summed E-state index contributed by atoms with van der Waals surface area (Å²) in [5, 5.41) is 9.03. The molecule has 0 fully saturated rings. The van der Waals surface area contributed by atoms with Crippen LogP contribution in [-0.4, -0.2) is 22.8 Å². The molecule has 0 aliphatic rings. The van der Waals surface area contributed by atoms with Crippen LogP contribution in [0.5, 0.6) is 0 Å². The zero-order chi connectivity index (χ0) is 11.7. The fourth-order valence-corrected chi connectivity index (χ4v) is 1.54. The van der Waals surface area contributed by atoms with Gasteiger partial charge in [-0.1, -0.05) is 0 Å². The van der Waals surface area contributed by atoms with E-state index < -0.39 is 17.0 Å². The molecule has 0 saturated carbocycles. The summed E-state index contributed by atoms with van der Waals surface area (Å²) in [6.45, 7) is 0. The number of hydrogen-bond acceptors (Lipinski definition) is 3. The topological polar surface area (TPSA) is 76.4 Å². The van der Waals surface area contributed by atoms with Crippen molar-refractivity contribution in [2.24, 2.45) is 0 Å². The molecule has 0 atom stereocenters. The molecule has 6 heteroatoms. The number of rotatable bonds is 2. The number of aromatic carboxylic acids is 1. The van der Waals surface area contributed by atoms with E-state index >= 15 is 0 Å². The van der Waals surface area contributed by atoms with E-state index in [1.54, 1.807) is 18.2 Å². The van der Waals surface area contributed by atoms with Crippen molar-refractivity contribution in [2.45, 2.75) is 0 Å². The fraction of sp³-hybridized carbons (Fsp3) is 0. The van der Waals surface area contributed by atoms with Crippen LogP contribution < -0.4 is 5.43 Å². The van der Waals surface area contributed by atoms with E-state index in [1.807, 2.05) is 0 Å². The summed E-state index contributed by atoms with van der Waals surface area (Å²) >= 11 is 0. The van der Waals surface area contributed by atoms with Gasteiger partial charge in [-0.2, -0.15) is 0 Å². The monoisotopic (exact) mass is 215 g/mol. The van der Waals surface area contributed by atoms with Gasteiger partial charge >= 0.3 is 89.5 Å². The van der Waals surface area contributed by atoms with Crippen molar-refractivity contribution in [1.82, 2.24) is 4.48 Å². The quantitative estimate of drug-likeness (QED) is 0.740. The first kappa shape index (κ1) is 10.3. The number of hydrogen-bond donors (Lipinski definition) is 1. The number of carbonyl (C=O) groups is 1. The Labute approximate surface area is 90.2 Å². The van der Waals surface area contributed by atoms with E-state index in [0.29, 0.717) is 12.8 Å². The standard InChI is InChI=1S/C10H6BNO4/c13-9-6-3-1-2-4-8(6)12(11-16)5-7(9)10(14)15/h1-5H,(H,14,15). The Morgan fingerprint density at radius 2 is 2.00 bits per heavy atom. The molecule has 0 bridgehead atoms. The van der Waals surface area contributed by atoms with Crippen LogP contribution in [0.15, 0.2) is 35.3 Å². The molecule has 0 aliphatic carbocycles. The van der Waals surface area contributed by atoms with Crippen molar-refractivity contribution in [1.29, 1.82) is 0 Å². The van der Waals surface area contributed by atoms with Crippen molar-refractivity contribution in [3.05, 3.63) is 46.2 Å². The molecule has 2 rings (SSSR count). The van der Waals surface area contributed by atoms with E-state index in [1.165, 1.54) is 6.07 Å². The molecule has 1 aromatic carbocycles. The van der Waals surface area contributed by atoms with Crippen LogP contribution in [0, 0.1) is 0 Å². The van der Waals surface area contributed by atoms with Crippen LogP contribution in [0.25, 0.3) is 10.9 Å². The number of pyridine rings is 1. The minimum absolute atomic E-state index is 0.217. The van der Waals surface area contributed by atoms with Crippen molar-refractivity contribution >= 4 is 24.2 Å². The minimum atomic E-state index is -1.34. The summed E-state index contributed by atoms with van der Waals surface area (Å²) in [5.41, 5.74) is -0.598. The number of carboxylic acids is 1. The van der Waals surface area contributed by atoms with E-state index in [-0.39, 0.29) is 5.39 Å². The van der Waals surface area contributed by atoms with Crippen LogP contribution in [-0.2, 0) is 4.70 Å². The van der Waals surface area contributed by atoms with Gasteiger partial charge in [0, 0.05) is 0 Å². The van der Waals surface area contributed by atoms with Gasteiger partial charge in [0.15, 0.2) is 0 Å². The van der Waals surface area contributed by atoms with Gasteiger partial charge in [-0.25, -0.2) is 0 Å². The Morgan fingerprint density at radius 1 is 1.31 bits per heavy atom. The number of nitrogens with zero attached hydrogens (tertiary/aromatic N) is 1. The molecule has 16 heavy (non-hydrogen) atoms. The van der Waals surface area contributed by atoms with Crippen molar-refractivity contribution < 1.29 is 14.6 Å². The Kier molecular flexibility index (Phi) is 2.40. The first-order valence-electron chi connectivity index (χ1n) is 4.47. The molecule has 1 heterocycles. The predicted molar refractivity (Wildman–Crippen MR) is 57.0 cm³/mol. The summed E-state index contributed by atoms with van der Waals surface area (Å²) in [7, 11) is 0.466. The zero-order valence-electron chi connectivity index (χ0n) is 8.08. The predicted octanol–water partition coefficient (Wildman–Crippen LogP) is 0.512. The molecule has 2 aromatic rings.